The van der Waals surface area contributed by atoms with Crippen LogP contribution in [-0.2, 0) is 9.53 Å². The minimum Gasteiger partial charge on any atom is -0.394 e. The van der Waals surface area contributed by atoms with Crippen LogP contribution in [0.15, 0.2) is 0 Å². The molecule has 1 rings (SSSR count). The average Bonchev–Trinajstić information content (AvgIpc) is 2.69. The predicted molar refractivity (Wildman–Crippen MR) is 75.4 cm³/mol. The van der Waals surface area contributed by atoms with Crippen molar-refractivity contribution < 1.29 is 19.7 Å². The van der Waals surface area contributed by atoms with Gasteiger partial charge in [-0.1, -0.05) is 0 Å². The number of aliphatic hydroxyl groups excluding tert-OH is 2. The molecule has 0 bridgehead atoms. The van der Waals surface area contributed by atoms with Crippen LogP contribution < -0.4 is 5.32 Å². The molecule has 0 aromatic carbocycles. The lowest BCUT2D eigenvalue weighted by molar-refractivity contribution is -0.119. The van der Waals surface area contributed by atoms with Gasteiger partial charge in [0.2, 0.25) is 5.91 Å². The summed E-state index contributed by atoms with van der Waals surface area (Å²) in [6.45, 7) is 3.18. The molecule has 118 valence electrons. The van der Waals surface area contributed by atoms with Crippen LogP contribution >= 0.6 is 0 Å². The molecule has 3 N–H and O–H groups in total. The zero-order valence-electron chi connectivity index (χ0n) is 12.7. The molecule has 1 aliphatic rings. The first kappa shape index (κ1) is 17.3. The maximum absolute atomic E-state index is 11.0. The Hall–Kier alpha value is -0.730. The highest BCUT2D eigenvalue weighted by Gasteiger charge is 2.45. The molecule has 7 heteroatoms. The van der Waals surface area contributed by atoms with E-state index < -0.39 is 12.2 Å². The molecule has 7 nitrogen and oxygen atoms in total. The van der Waals surface area contributed by atoms with Crippen LogP contribution in [0.3, 0.4) is 0 Å². The van der Waals surface area contributed by atoms with Crippen molar-refractivity contribution >= 4 is 5.91 Å². The van der Waals surface area contributed by atoms with E-state index in [1.165, 1.54) is 6.92 Å². The topological polar surface area (TPSA) is 85.3 Å². The quantitative estimate of drug-likeness (QED) is 0.508. The lowest BCUT2D eigenvalue weighted by Gasteiger charge is -2.31. The van der Waals surface area contributed by atoms with Gasteiger partial charge in [0.05, 0.1) is 18.8 Å². The summed E-state index contributed by atoms with van der Waals surface area (Å²) < 4.78 is 5.64. The average molecular weight is 289 g/mol. The van der Waals surface area contributed by atoms with Gasteiger partial charge < -0.3 is 25.2 Å². The molecule has 0 aromatic heterocycles. The summed E-state index contributed by atoms with van der Waals surface area (Å²) >= 11 is 0. The van der Waals surface area contributed by atoms with Gasteiger partial charge in [0, 0.05) is 26.6 Å². The van der Waals surface area contributed by atoms with Gasteiger partial charge in [0.1, 0.15) is 12.2 Å². The van der Waals surface area contributed by atoms with E-state index in [9.17, 15) is 15.0 Å². The van der Waals surface area contributed by atoms with E-state index in [4.69, 9.17) is 4.74 Å². The number of nitrogens with one attached hydrogen (secondary N) is 1. The molecule has 1 saturated heterocycles. The van der Waals surface area contributed by atoms with Crippen molar-refractivity contribution in [2.75, 3.05) is 47.4 Å². The molecule has 0 aliphatic carbocycles. The first-order valence-electron chi connectivity index (χ1n) is 6.90. The highest BCUT2D eigenvalue weighted by Crippen LogP contribution is 2.24. The first-order chi connectivity index (χ1) is 9.36. The number of hydrogen-bond acceptors (Lipinski definition) is 6. The second-order valence-electron chi connectivity index (χ2n) is 5.60. The molecule has 1 heterocycles. The van der Waals surface area contributed by atoms with Crippen molar-refractivity contribution in [1.29, 1.82) is 0 Å². The number of carbonyl (C=O) groups is 1. The second-order valence-corrected chi connectivity index (χ2v) is 5.60. The van der Waals surface area contributed by atoms with Crippen LogP contribution in [0.25, 0.3) is 0 Å². The third-order valence-electron chi connectivity index (χ3n) is 3.60. The number of ether oxygens (including phenoxy) is 1. The molecular weight excluding hydrogens is 262 g/mol. The summed E-state index contributed by atoms with van der Waals surface area (Å²) in [5, 5.41) is 22.2. The molecule has 0 saturated carbocycles. The maximum Gasteiger partial charge on any atom is 0.216 e. The smallest absolute Gasteiger partial charge is 0.216 e. The Morgan fingerprint density at radius 1 is 1.25 bits per heavy atom. The Bertz CT molecular complexity index is 314. The summed E-state index contributed by atoms with van der Waals surface area (Å²) in [7, 11) is 5.89. The van der Waals surface area contributed by atoms with Crippen LogP contribution in [0.1, 0.15) is 6.92 Å². The van der Waals surface area contributed by atoms with Gasteiger partial charge in [-0.25, -0.2) is 0 Å². The van der Waals surface area contributed by atoms with Crippen molar-refractivity contribution in [2.45, 2.75) is 31.3 Å². The molecule has 4 atom stereocenters. The van der Waals surface area contributed by atoms with Gasteiger partial charge >= 0.3 is 0 Å². The largest absolute Gasteiger partial charge is 0.394 e. The zero-order valence-corrected chi connectivity index (χ0v) is 12.7. The summed E-state index contributed by atoms with van der Waals surface area (Å²) in [5.41, 5.74) is 0. The van der Waals surface area contributed by atoms with Crippen LogP contribution in [0.4, 0.5) is 0 Å². The van der Waals surface area contributed by atoms with E-state index in [-0.39, 0.29) is 24.7 Å². The van der Waals surface area contributed by atoms with Crippen LogP contribution in [0.2, 0.25) is 0 Å². The Labute approximate surface area is 120 Å². The van der Waals surface area contributed by atoms with Crippen LogP contribution in [0, 0.1) is 0 Å². The number of hydrogen-bond donors (Lipinski definition) is 3. The lowest BCUT2D eigenvalue weighted by atomic mass is 10.0. The van der Waals surface area contributed by atoms with Crippen LogP contribution in [0.5, 0.6) is 0 Å². The number of carbonyl (C=O) groups excluding carboxylic acids is 1. The van der Waals surface area contributed by atoms with Gasteiger partial charge in [-0.2, -0.15) is 0 Å². The van der Waals surface area contributed by atoms with Crippen molar-refractivity contribution in [3.63, 3.8) is 0 Å². The van der Waals surface area contributed by atoms with E-state index in [0.29, 0.717) is 6.54 Å². The fourth-order valence-electron chi connectivity index (χ4n) is 2.44. The number of nitrogens with zero attached hydrogens (tertiary/aromatic N) is 2. The SMILES string of the molecule is CC(=O)NC[C@H]1O[C@@H](CO)[C@@H](O)[C@H]1N(C)CCN(C)C. The minimum atomic E-state index is -0.758. The van der Waals surface area contributed by atoms with E-state index >= 15 is 0 Å². The normalized spacial score (nSPS) is 30.2. The molecule has 0 radical (unpaired) electrons. The van der Waals surface area contributed by atoms with Crippen molar-refractivity contribution in [1.82, 2.24) is 15.1 Å². The molecule has 1 amide bonds. The molecule has 1 fully saturated rings. The van der Waals surface area contributed by atoms with Gasteiger partial charge in [-0.3, -0.25) is 9.69 Å². The third-order valence-corrected chi connectivity index (χ3v) is 3.60. The second kappa shape index (κ2) is 7.90. The number of aliphatic hydroxyl groups is 2. The Balaban J connectivity index is 2.66. The lowest BCUT2D eigenvalue weighted by Crippen LogP contribution is -2.50. The van der Waals surface area contributed by atoms with Gasteiger partial charge in [0.25, 0.3) is 0 Å². The molecule has 0 unspecified atom stereocenters. The molecular formula is C13H27N3O4. The summed E-state index contributed by atoms with van der Waals surface area (Å²) in [6, 6.07) is -0.237. The van der Waals surface area contributed by atoms with Crippen LogP contribution in [-0.4, -0.2) is 97.7 Å². The zero-order chi connectivity index (χ0) is 15.3. The van der Waals surface area contributed by atoms with E-state index in [1.807, 2.05) is 26.0 Å². The van der Waals surface area contributed by atoms with Gasteiger partial charge in [-0.15, -0.1) is 0 Å². The predicted octanol–water partition coefficient (Wildman–Crippen LogP) is -1.89. The van der Waals surface area contributed by atoms with Gasteiger partial charge in [0.15, 0.2) is 0 Å². The fourth-order valence-corrected chi connectivity index (χ4v) is 2.44. The number of likely N-dealkylation sites (N-methyl/N-ethyl adjacent to an activating group) is 2. The van der Waals surface area contributed by atoms with E-state index in [1.54, 1.807) is 0 Å². The highest BCUT2D eigenvalue weighted by molar-refractivity contribution is 5.72. The highest BCUT2D eigenvalue weighted by atomic mass is 16.5. The molecule has 0 aromatic rings. The summed E-state index contributed by atoms with van der Waals surface area (Å²) in [6.07, 6.45) is -1.68. The van der Waals surface area contributed by atoms with Gasteiger partial charge in [-0.05, 0) is 21.1 Å². The monoisotopic (exact) mass is 289 g/mol. The van der Waals surface area contributed by atoms with E-state index in [2.05, 4.69) is 10.2 Å². The minimum absolute atomic E-state index is 0.134. The van der Waals surface area contributed by atoms with Crippen molar-refractivity contribution in [3.8, 4) is 0 Å². The third kappa shape index (κ3) is 4.68. The summed E-state index contributed by atoms with van der Waals surface area (Å²) in [4.78, 5) is 15.1. The molecule has 20 heavy (non-hydrogen) atoms. The first-order valence-corrected chi connectivity index (χ1v) is 6.90. The number of rotatable bonds is 7. The molecule has 1 aliphatic heterocycles. The fraction of sp³-hybridized carbons (Fsp3) is 0.923. The van der Waals surface area contributed by atoms with Crippen molar-refractivity contribution in [2.24, 2.45) is 0 Å². The Kier molecular flexibility index (Phi) is 6.84. The Morgan fingerprint density at radius 3 is 2.40 bits per heavy atom. The van der Waals surface area contributed by atoms with E-state index in [0.717, 1.165) is 13.1 Å². The standard InChI is InChI=1S/C13H27N3O4/c1-9(18)14-7-10-12(13(19)11(8-17)20-10)16(4)6-5-15(2)3/h10-13,17,19H,5-8H2,1-4H3,(H,14,18)/t10-,11+,12+,13-/m1/s1. The Morgan fingerprint density at radius 2 is 1.90 bits per heavy atom. The molecule has 0 spiro atoms. The van der Waals surface area contributed by atoms with Crippen molar-refractivity contribution in [3.05, 3.63) is 0 Å². The number of amides is 1. The maximum atomic E-state index is 11.0. The summed E-state index contributed by atoms with van der Waals surface area (Å²) in [5.74, 6) is -0.134.